The molecule has 0 N–H and O–H groups in total. The Morgan fingerprint density at radius 1 is 0.542 bits per heavy atom. The Bertz CT molecular complexity index is 1010. The van der Waals surface area contributed by atoms with Gasteiger partial charge in [-0.3, -0.25) is 4.79 Å². The molecule has 4 rings (SSSR count). The highest BCUT2D eigenvalue weighted by molar-refractivity contribution is 6.12. The van der Waals surface area contributed by atoms with E-state index < -0.39 is 0 Å². The Morgan fingerprint density at radius 2 is 0.917 bits per heavy atom. The van der Waals surface area contributed by atoms with Crippen LogP contribution in [0.5, 0.6) is 0 Å². The Balaban J connectivity index is 1.77. The highest BCUT2D eigenvalue weighted by atomic mass is 19.1. The minimum atomic E-state index is -0.302. The molecule has 0 heterocycles. The van der Waals surface area contributed by atoms with Crippen LogP contribution in [0, 0.1) is 11.6 Å². The quantitative estimate of drug-likeness (QED) is 0.446. The van der Waals surface area contributed by atoms with Crippen molar-refractivity contribution in [3.05, 3.63) is 95.6 Å². The molecule has 0 radical (unpaired) electrons. The lowest BCUT2D eigenvalue weighted by Crippen LogP contribution is -2.01. The molecule has 0 saturated heterocycles. The molecule has 1 nitrogen and oxygen atoms in total. The fourth-order valence-electron chi connectivity index (χ4n) is 2.88. The molecule has 4 aromatic carbocycles. The monoisotopic (exact) mass is 318 g/mol. The number of benzene rings is 4. The lowest BCUT2D eigenvalue weighted by Gasteiger charge is -2.06. The van der Waals surface area contributed by atoms with Crippen LogP contribution in [0.2, 0.25) is 0 Å². The molecule has 4 aromatic rings. The number of fused-ring (bicyclic) bond motifs is 2. The van der Waals surface area contributed by atoms with Gasteiger partial charge in [-0.1, -0.05) is 36.4 Å². The number of carbonyl (C=O) groups excluding carboxylic acids is 1. The van der Waals surface area contributed by atoms with Gasteiger partial charge in [-0.05, 0) is 57.9 Å². The smallest absolute Gasteiger partial charge is 0.193 e. The second kappa shape index (κ2) is 5.53. The lowest BCUT2D eigenvalue weighted by atomic mass is 9.98. The maximum atomic E-state index is 13.2. The van der Waals surface area contributed by atoms with E-state index in [2.05, 4.69) is 0 Å². The number of hydrogen-bond donors (Lipinski definition) is 0. The van der Waals surface area contributed by atoms with E-state index in [1.54, 1.807) is 48.5 Å². The molecular weight excluding hydrogens is 306 g/mol. The zero-order chi connectivity index (χ0) is 16.7. The first kappa shape index (κ1) is 14.5. The molecular formula is C21H12F2O. The fraction of sp³-hybridized carbons (Fsp3) is 0. The third-order valence-corrected chi connectivity index (χ3v) is 4.13. The zero-order valence-corrected chi connectivity index (χ0v) is 12.6. The minimum Gasteiger partial charge on any atom is -0.289 e. The average Bonchev–Trinajstić information content (AvgIpc) is 2.60. The van der Waals surface area contributed by atoms with Gasteiger partial charge < -0.3 is 0 Å². The normalized spacial score (nSPS) is 11.1. The predicted molar refractivity (Wildman–Crippen MR) is 91.2 cm³/mol. The van der Waals surface area contributed by atoms with E-state index in [-0.39, 0.29) is 17.4 Å². The van der Waals surface area contributed by atoms with Gasteiger partial charge >= 0.3 is 0 Å². The standard InChI is InChI=1S/C21H12F2O/c22-19-7-5-13-9-17(3-1-15(13)11-19)21(24)18-4-2-16-12-20(23)8-6-14(16)10-18/h1-12H. The fourth-order valence-corrected chi connectivity index (χ4v) is 2.88. The maximum absolute atomic E-state index is 13.2. The molecule has 0 bridgehead atoms. The molecule has 0 atom stereocenters. The van der Waals surface area contributed by atoms with E-state index in [0.29, 0.717) is 11.1 Å². The Labute approximate surface area is 137 Å². The number of hydrogen-bond acceptors (Lipinski definition) is 1. The van der Waals surface area contributed by atoms with Gasteiger partial charge in [0, 0.05) is 11.1 Å². The Hall–Kier alpha value is -3.07. The van der Waals surface area contributed by atoms with Gasteiger partial charge in [-0.15, -0.1) is 0 Å². The second-order valence-electron chi connectivity index (χ2n) is 5.74. The van der Waals surface area contributed by atoms with E-state index >= 15 is 0 Å². The minimum absolute atomic E-state index is 0.118. The number of ketones is 1. The molecule has 116 valence electrons. The highest BCUT2D eigenvalue weighted by Crippen LogP contribution is 2.22. The number of carbonyl (C=O) groups is 1. The summed E-state index contributed by atoms with van der Waals surface area (Å²) < 4.78 is 26.5. The van der Waals surface area contributed by atoms with Crippen molar-refractivity contribution in [2.75, 3.05) is 0 Å². The average molecular weight is 318 g/mol. The third-order valence-electron chi connectivity index (χ3n) is 4.13. The molecule has 0 saturated carbocycles. The summed E-state index contributed by atoms with van der Waals surface area (Å²) >= 11 is 0. The first-order chi connectivity index (χ1) is 11.6. The molecule has 0 fully saturated rings. The van der Waals surface area contributed by atoms with Gasteiger partial charge in [0.15, 0.2) is 5.78 Å². The first-order valence-corrected chi connectivity index (χ1v) is 7.53. The molecule has 0 aliphatic carbocycles. The van der Waals surface area contributed by atoms with Crippen molar-refractivity contribution < 1.29 is 13.6 Å². The predicted octanol–water partition coefficient (Wildman–Crippen LogP) is 5.50. The van der Waals surface area contributed by atoms with E-state index in [1.165, 1.54) is 24.3 Å². The van der Waals surface area contributed by atoms with Gasteiger partial charge in [-0.25, -0.2) is 8.78 Å². The van der Waals surface area contributed by atoms with Gasteiger partial charge in [0.1, 0.15) is 11.6 Å². The van der Waals surface area contributed by atoms with Gasteiger partial charge in [0.2, 0.25) is 0 Å². The van der Waals surface area contributed by atoms with Crippen LogP contribution in [0.1, 0.15) is 15.9 Å². The third kappa shape index (κ3) is 2.54. The lowest BCUT2D eigenvalue weighted by molar-refractivity contribution is 0.103. The van der Waals surface area contributed by atoms with Gasteiger partial charge in [-0.2, -0.15) is 0 Å². The summed E-state index contributed by atoms with van der Waals surface area (Å²) in [5.41, 5.74) is 1.08. The molecule has 0 aromatic heterocycles. The summed E-state index contributed by atoms with van der Waals surface area (Å²) in [4.78, 5) is 12.7. The van der Waals surface area contributed by atoms with Crippen LogP contribution < -0.4 is 0 Å². The molecule has 24 heavy (non-hydrogen) atoms. The topological polar surface area (TPSA) is 17.1 Å². The molecule has 0 spiro atoms. The van der Waals surface area contributed by atoms with Crippen LogP contribution in [0.4, 0.5) is 8.78 Å². The van der Waals surface area contributed by atoms with Gasteiger partial charge in [0.25, 0.3) is 0 Å². The highest BCUT2D eigenvalue weighted by Gasteiger charge is 2.11. The zero-order valence-electron chi connectivity index (χ0n) is 12.6. The van der Waals surface area contributed by atoms with E-state index in [4.69, 9.17) is 0 Å². The Kier molecular flexibility index (Phi) is 3.35. The van der Waals surface area contributed by atoms with Crippen molar-refractivity contribution in [3.8, 4) is 0 Å². The largest absolute Gasteiger partial charge is 0.289 e. The van der Waals surface area contributed by atoms with Crippen LogP contribution in [-0.2, 0) is 0 Å². The second-order valence-corrected chi connectivity index (χ2v) is 5.74. The molecule has 0 aliphatic rings. The van der Waals surface area contributed by atoms with Crippen LogP contribution in [0.3, 0.4) is 0 Å². The molecule has 0 amide bonds. The number of halogens is 2. The van der Waals surface area contributed by atoms with E-state index in [9.17, 15) is 13.6 Å². The summed E-state index contributed by atoms with van der Waals surface area (Å²) in [6.45, 7) is 0. The van der Waals surface area contributed by atoms with Crippen molar-refractivity contribution in [2.24, 2.45) is 0 Å². The maximum Gasteiger partial charge on any atom is 0.193 e. The Morgan fingerprint density at radius 3 is 1.38 bits per heavy atom. The molecule has 0 aliphatic heterocycles. The summed E-state index contributed by atoms with van der Waals surface area (Å²) in [7, 11) is 0. The van der Waals surface area contributed by atoms with Gasteiger partial charge in [0.05, 0.1) is 0 Å². The van der Waals surface area contributed by atoms with Crippen LogP contribution in [0.25, 0.3) is 21.5 Å². The van der Waals surface area contributed by atoms with Crippen molar-refractivity contribution in [1.29, 1.82) is 0 Å². The molecule has 3 heteroatoms. The van der Waals surface area contributed by atoms with E-state index in [0.717, 1.165) is 21.5 Å². The summed E-state index contributed by atoms with van der Waals surface area (Å²) in [6.07, 6.45) is 0. The molecule has 0 unspecified atom stereocenters. The first-order valence-electron chi connectivity index (χ1n) is 7.53. The van der Waals surface area contributed by atoms with Crippen LogP contribution in [-0.4, -0.2) is 5.78 Å². The van der Waals surface area contributed by atoms with Crippen molar-refractivity contribution in [1.82, 2.24) is 0 Å². The van der Waals surface area contributed by atoms with Crippen molar-refractivity contribution >= 4 is 27.3 Å². The number of rotatable bonds is 2. The summed E-state index contributed by atoms with van der Waals surface area (Å²) in [5.74, 6) is -0.723. The van der Waals surface area contributed by atoms with Crippen LogP contribution >= 0.6 is 0 Å². The SMILES string of the molecule is O=C(c1ccc2cc(F)ccc2c1)c1ccc2cc(F)ccc2c1. The van der Waals surface area contributed by atoms with E-state index in [1.807, 2.05) is 0 Å². The van der Waals surface area contributed by atoms with Crippen molar-refractivity contribution in [2.45, 2.75) is 0 Å². The summed E-state index contributed by atoms with van der Waals surface area (Å²) in [6, 6.07) is 19.3. The van der Waals surface area contributed by atoms with Crippen molar-refractivity contribution in [3.63, 3.8) is 0 Å². The summed E-state index contributed by atoms with van der Waals surface area (Å²) in [5, 5.41) is 3.12. The van der Waals surface area contributed by atoms with Crippen LogP contribution in [0.15, 0.2) is 72.8 Å².